The highest BCUT2D eigenvalue weighted by atomic mass is 35.5. The Morgan fingerprint density at radius 1 is 1.08 bits per heavy atom. The molecule has 0 saturated heterocycles. The lowest BCUT2D eigenvalue weighted by Gasteiger charge is -2.26. The van der Waals surface area contributed by atoms with Crippen LogP contribution in [-0.4, -0.2) is 18.4 Å². The van der Waals surface area contributed by atoms with Gasteiger partial charge in [0.05, 0.1) is 10.6 Å². The summed E-state index contributed by atoms with van der Waals surface area (Å²) in [4.78, 5) is 27.0. The Morgan fingerprint density at radius 3 is 2.50 bits per heavy atom. The van der Waals surface area contributed by atoms with Crippen molar-refractivity contribution in [2.24, 2.45) is 5.41 Å². The van der Waals surface area contributed by atoms with Gasteiger partial charge in [0.25, 0.3) is 5.91 Å². The molecule has 4 nitrogen and oxygen atoms in total. The Kier molecular flexibility index (Phi) is 5.00. The molecule has 0 atom stereocenters. The topological polar surface area (TPSA) is 49.4 Å². The average molecular weight is 391 g/mol. The van der Waals surface area contributed by atoms with E-state index in [1.165, 1.54) is 6.07 Å². The predicted molar refractivity (Wildman–Crippen MR) is 106 cm³/mol. The van der Waals surface area contributed by atoms with Gasteiger partial charge in [-0.15, -0.1) is 0 Å². The van der Waals surface area contributed by atoms with Gasteiger partial charge in [0, 0.05) is 28.4 Å². The van der Waals surface area contributed by atoms with Gasteiger partial charge < -0.3 is 10.2 Å². The lowest BCUT2D eigenvalue weighted by atomic mass is 9.94. The fraction of sp³-hybridized carbons (Fsp3) is 0.300. The minimum absolute atomic E-state index is 0.0672. The molecule has 2 amide bonds. The first kappa shape index (κ1) is 18.7. The van der Waals surface area contributed by atoms with Gasteiger partial charge in [-0.05, 0) is 42.3 Å². The van der Waals surface area contributed by atoms with Gasteiger partial charge in [-0.2, -0.15) is 0 Å². The van der Waals surface area contributed by atoms with Crippen LogP contribution in [0.3, 0.4) is 0 Å². The fourth-order valence-corrected chi connectivity index (χ4v) is 3.32. The molecule has 0 saturated carbocycles. The fourth-order valence-electron chi connectivity index (χ4n) is 2.94. The minimum atomic E-state index is -0.463. The number of halogens is 2. The van der Waals surface area contributed by atoms with E-state index in [4.69, 9.17) is 23.2 Å². The summed E-state index contributed by atoms with van der Waals surface area (Å²) in [6, 6.07) is 10.4. The van der Waals surface area contributed by atoms with Crippen molar-refractivity contribution in [1.82, 2.24) is 0 Å². The van der Waals surface area contributed by atoms with Crippen molar-refractivity contribution < 1.29 is 9.59 Å². The zero-order valence-electron chi connectivity index (χ0n) is 14.9. The number of nitrogens with zero attached hydrogens (tertiary/aromatic N) is 1. The van der Waals surface area contributed by atoms with Gasteiger partial charge in [0.1, 0.15) is 0 Å². The summed E-state index contributed by atoms with van der Waals surface area (Å²) in [5, 5.41) is 3.61. The summed E-state index contributed by atoms with van der Waals surface area (Å²) >= 11 is 12.0. The van der Waals surface area contributed by atoms with E-state index in [1.807, 2.05) is 39.0 Å². The van der Waals surface area contributed by atoms with Crippen molar-refractivity contribution in [2.75, 3.05) is 16.8 Å². The van der Waals surface area contributed by atoms with E-state index in [2.05, 4.69) is 5.32 Å². The number of rotatable bonds is 2. The van der Waals surface area contributed by atoms with Crippen molar-refractivity contribution in [1.29, 1.82) is 0 Å². The van der Waals surface area contributed by atoms with Crippen molar-refractivity contribution in [2.45, 2.75) is 27.2 Å². The number of nitrogens with one attached hydrogen (secondary N) is 1. The third-order valence-electron chi connectivity index (χ3n) is 4.30. The molecule has 136 valence electrons. The maximum absolute atomic E-state index is 12.7. The molecule has 0 unspecified atom stereocenters. The van der Waals surface area contributed by atoms with Crippen LogP contribution in [0, 0.1) is 5.41 Å². The number of benzene rings is 2. The molecule has 1 aliphatic rings. The number of hydrogen-bond acceptors (Lipinski definition) is 2. The molecule has 0 fully saturated rings. The van der Waals surface area contributed by atoms with Gasteiger partial charge in [0.15, 0.2) is 0 Å². The largest absolute Gasteiger partial charge is 0.322 e. The van der Waals surface area contributed by atoms with E-state index < -0.39 is 5.41 Å². The first-order chi connectivity index (χ1) is 12.2. The summed E-state index contributed by atoms with van der Waals surface area (Å²) < 4.78 is 0. The Bertz CT molecular complexity index is 888. The van der Waals surface area contributed by atoms with Crippen LogP contribution in [0.25, 0.3) is 0 Å². The number of fused-ring (bicyclic) bond motifs is 1. The van der Waals surface area contributed by atoms with E-state index in [-0.39, 0.29) is 11.8 Å². The number of carbonyl (C=O) groups excluding carboxylic acids is 2. The van der Waals surface area contributed by atoms with Crippen LogP contribution in [0.15, 0.2) is 36.4 Å². The molecule has 0 aliphatic carbocycles. The van der Waals surface area contributed by atoms with Crippen LogP contribution in [-0.2, 0) is 11.2 Å². The molecule has 0 radical (unpaired) electrons. The van der Waals surface area contributed by atoms with Gasteiger partial charge in [-0.3, -0.25) is 9.59 Å². The quantitative estimate of drug-likeness (QED) is 0.767. The van der Waals surface area contributed by atoms with E-state index in [9.17, 15) is 9.59 Å². The highest BCUT2D eigenvalue weighted by molar-refractivity contribution is 6.36. The number of carbonyl (C=O) groups is 2. The molecule has 26 heavy (non-hydrogen) atoms. The highest BCUT2D eigenvalue weighted by Crippen LogP contribution is 2.34. The Balaban J connectivity index is 1.86. The van der Waals surface area contributed by atoms with Crippen LogP contribution in [0.1, 0.15) is 36.7 Å². The molecular weight excluding hydrogens is 371 g/mol. The SMILES string of the molecule is CC(C)(C)C(=O)N1CCc2ccc(NC(=O)c3cc(Cl)ccc3Cl)cc21. The molecular formula is C20H20Cl2N2O2. The van der Waals surface area contributed by atoms with E-state index in [1.54, 1.807) is 17.0 Å². The smallest absolute Gasteiger partial charge is 0.257 e. The average Bonchev–Trinajstić information content (AvgIpc) is 2.98. The van der Waals surface area contributed by atoms with Gasteiger partial charge >= 0.3 is 0 Å². The summed E-state index contributed by atoms with van der Waals surface area (Å²) in [5.74, 6) is -0.276. The van der Waals surface area contributed by atoms with Gasteiger partial charge in [0.2, 0.25) is 5.91 Å². The maximum atomic E-state index is 12.7. The standard InChI is InChI=1S/C20H20Cl2N2O2/c1-20(2,3)19(26)24-9-8-12-4-6-14(11-17(12)24)23-18(25)15-10-13(21)5-7-16(15)22/h4-7,10-11H,8-9H2,1-3H3,(H,23,25). The van der Waals surface area contributed by atoms with E-state index in [0.29, 0.717) is 27.8 Å². The summed E-state index contributed by atoms with van der Waals surface area (Å²) in [6.45, 7) is 6.36. The van der Waals surface area contributed by atoms with Gasteiger partial charge in [-0.25, -0.2) is 0 Å². The second-order valence-electron chi connectivity index (χ2n) is 7.38. The second kappa shape index (κ2) is 6.93. The van der Waals surface area contributed by atoms with Crippen LogP contribution in [0.5, 0.6) is 0 Å². The molecule has 0 bridgehead atoms. The highest BCUT2D eigenvalue weighted by Gasteiger charge is 2.32. The molecule has 3 rings (SSSR count). The van der Waals surface area contributed by atoms with Gasteiger partial charge in [-0.1, -0.05) is 50.0 Å². The van der Waals surface area contributed by atoms with Crippen molar-refractivity contribution in [3.63, 3.8) is 0 Å². The maximum Gasteiger partial charge on any atom is 0.257 e. The molecule has 2 aromatic carbocycles. The van der Waals surface area contributed by atoms with Crippen LogP contribution in [0.4, 0.5) is 11.4 Å². The Morgan fingerprint density at radius 2 is 1.81 bits per heavy atom. The van der Waals surface area contributed by atoms with E-state index >= 15 is 0 Å². The monoisotopic (exact) mass is 390 g/mol. The first-order valence-corrected chi connectivity index (χ1v) is 9.14. The molecule has 0 spiro atoms. The van der Waals surface area contributed by atoms with Crippen molar-refractivity contribution >= 4 is 46.4 Å². The Hall–Kier alpha value is -2.04. The normalized spacial score (nSPS) is 13.5. The third-order valence-corrected chi connectivity index (χ3v) is 4.86. The summed E-state index contributed by atoms with van der Waals surface area (Å²) in [6.07, 6.45) is 0.811. The van der Waals surface area contributed by atoms with Crippen molar-refractivity contribution in [3.05, 3.63) is 57.6 Å². The molecule has 0 aromatic heterocycles. The first-order valence-electron chi connectivity index (χ1n) is 8.38. The number of amides is 2. The van der Waals surface area contributed by atoms with Crippen LogP contribution < -0.4 is 10.2 Å². The second-order valence-corrected chi connectivity index (χ2v) is 8.22. The lowest BCUT2D eigenvalue weighted by Crippen LogP contribution is -2.38. The van der Waals surface area contributed by atoms with E-state index in [0.717, 1.165) is 17.7 Å². The molecule has 2 aromatic rings. The molecule has 1 N–H and O–H groups in total. The third kappa shape index (κ3) is 3.71. The minimum Gasteiger partial charge on any atom is -0.322 e. The Labute approximate surface area is 163 Å². The lowest BCUT2D eigenvalue weighted by molar-refractivity contribution is -0.125. The van der Waals surface area contributed by atoms with Crippen molar-refractivity contribution in [3.8, 4) is 0 Å². The van der Waals surface area contributed by atoms with Crippen LogP contribution >= 0.6 is 23.2 Å². The number of hydrogen-bond donors (Lipinski definition) is 1. The summed E-state index contributed by atoms with van der Waals surface area (Å²) in [7, 11) is 0. The number of anilines is 2. The van der Waals surface area contributed by atoms with Crippen LogP contribution in [0.2, 0.25) is 10.0 Å². The predicted octanol–water partition coefficient (Wildman–Crippen LogP) is 5.18. The molecule has 1 aliphatic heterocycles. The molecule has 1 heterocycles. The zero-order valence-corrected chi connectivity index (χ0v) is 16.4. The molecule has 6 heteroatoms. The zero-order chi connectivity index (χ0) is 19.1. The summed E-state index contributed by atoms with van der Waals surface area (Å²) in [5.41, 5.74) is 2.40.